The van der Waals surface area contributed by atoms with Gasteiger partial charge in [-0.1, -0.05) is 36.0 Å². The third kappa shape index (κ3) is 6.67. The summed E-state index contributed by atoms with van der Waals surface area (Å²) in [5.41, 5.74) is 0.395. The van der Waals surface area contributed by atoms with Crippen LogP contribution >= 0.6 is 11.8 Å². The van der Waals surface area contributed by atoms with Crippen molar-refractivity contribution in [3.05, 3.63) is 64.6 Å². The molecule has 2 aromatic rings. The summed E-state index contributed by atoms with van der Waals surface area (Å²) in [6.07, 6.45) is 2.12. The van der Waals surface area contributed by atoms with Crippen molar-refractivity contribution >= 4 is 35.3 Å². The van der Waals surface area contributed by atoms with Gasteiger partial charge in [-0.25, -0.2) is 0 Å². The van der Waals surface area contributed by atoms with Gasteiger partial charge in [-0.2, -0.15) is 13.2 Å². The second-order valence-corrected chi connectivity index (χ2v) is 9.94. The summed E-state index contributed by atoms with van der Waals surface area (Å²) in [4.78, 5) is 30.1. The molecule has 0 aliphatic carbocycles. The zero-order valence-electron chi connectivity index (χ0n) is 19.4. The molecule has 2 heterocycles. The second-order valence-electron chi connectivity index (χ2n) is 8.85. The molecule has 0 saturated carbocycles. The Hall–Kier alpha value is -2.78. The predicted molar refractivity (Wildman–Crippen MR) is 131 cm³/mol. The Bertz CT molecular complexity index is 1080. The van der Waals surface area contributed by atoms with Gasteiger partial charge in [0.2, 0.25) is 5.91 Å². The smallest absolute Gasteiger partial charge is 0.349 e. The van der Waals surface area contributed by atoms with E-state index in [1.54, 1.807) is 12.1 Å². The number of quaternary nitrogens is 1. The van der Waals surface area contributed by atoms with Crippen LogP contribution in [0.4, 0.5) is 18.9 Å². The molecule has 2 N–H and O–H groups in total. The minimum atomic E-state index is -4.42. The molecular formula is C26H29F3N3O2S+. The highest BCUT2D eigenvalue weighted by molar-refractivity contribution is 8.04. The fourth-order valence-corrected chi connectivity index (χ4v) is 5.45. The molecule has 9 heteroatoms. The molecule has 0 unspecified atom stereocenters. The number of hydrogen-bond acceptors (Lipinski definition) is 3. The van der Waals surface area contributed by atoms with Crippen LogP contribution < -0.4 is 15.1 Å². The molecule has 2 amide bonds. The van der Waals surface area contributed by atoms with Crippen molar-refractivity contribution in [3.8, 4) is 0 Å². The Morgan fingerprint density at radius 2 is 1.71 bits per heavy atom. The monoisotopic (exact) mass is 504 g/mol. The minimum absolute atomic E-state index is 0.115. The molecule has 1 saturated heterocycles. The summed E-state index contributed by atoms with van der Waals surface area (Å²) in [5.74, 6) is -0.579. The van der Waals surface area contributed by atoms with E-state index in [4.69, 9.17) is 0 Å². The predicted octanol–water partition coefficient (Wildman–Crippen LogP) is 3.76. The average molecular weight is 505 g/mol. The number of carbonyl (C=O) groups excluding carboxylic acids is 2. The first-order chi connectivity index (χ1) is 16.8. The summed E-state index contributed by atoms with van der Waals surface area (Å²) in [6.45, 7) is 3.56. The molecule has 0 aromatic heterocycles. The third-order valence-electron chi connectivity index (χ3n) is 6.28. The van der Waals surface area contributed by atoms with Gasteiger partial charge in [0.15, 0.2) is 0 Å². The zero-order chi connectivity index (χ0) is 24.8. The lowest BCUT2D eigenvalue weighted by molar-refractivity contribution is -0.898. The van der Waals surface area contributed by atoms with E-state index in [0.717, 1.165) is 36.7 Å². The van der Waals surface area contributed by atoms with Crippen LogP contribution in [0.3, 0.4) is 0 Å². The number of likely N-dealkylation sites (tertiary alicyclic amines) is 1. The Balaban J connectivity index is 1.45. The number of nitrogens with one attached hydrogen (secondary N) is 2. The molecule has 2 aromatic carbocycles. The van der Waals surface area contributed by atoms with Crippen LogP contribution in [0, 0.1) is 0 Å². The van der Waals surface area contributed by atoms with Crippen LogP contribution in [-0.2, 0) is 15.8 Å². The molecule has 0 radical (unpaired) electrons. The standard InChI is InChI=1S/C26H28F3N3O2S/c27-26(28,29)20-11-9-19(10-12-20)17-23-25(34)32(21-7-3-4-8-22(21)35-23)18-24(33)30-13-16-31-14-5-1-2-6-15-31/h3-4,7-12,17H,1-2,5-6,13-16,18H2,(H,30,33)/p+1. The number of nitrogens with zero attached hydrogens (tertiary/aromatic N) is 1. The van der Waals surface area contributed by atoms with Crippen molar-refractivity contribution in [3.63, 3.8) is 0 Å². The number of para-hydroxylation sites is 1. The molecule has 0 spiro atoms. The van der Waals surface area contributed by atoms with Crippen molar-refractivity contribution in [1.82, 2.24) is 5.32 Å². The van der Waals surface area contributed by atoms with E-state index in [0.29, 0.717) is 22.7 Å². The van der Waals surface area contributed by atoms with Crippen LogP contribution in [-0.4, -0.2) is 44.5 Å². The molecule has 1 fully saturated rings. The SMILES string of the molecule is O=C(CN1C(=O)C(=Cc2ccc(C(F)(F)F)cc2)Sc2ccccc21)NCC[NH+]1CCCCCC1. The van der Waals surface area contributed by atoms with Gasteiger partial charge in [0.05, 0.1) is 42.3 Å². The largest absolute Gasteiger partial charge is 0.416 e. The number of anilines is 1. The van der Waals surface area contributed by atoms with E-state index in [1.807, 2.05) is 18.2 Å². The Morgan fingerprint density at radius 3 is 2.40 bits per heavy atom. The van der Waals surface area contributed by atoms with Gasteiger partial charge in [0.25, 0.3) is 5.91 Å². The van der Waals surface area contributed by atoms with Crippen molar-refractivity contribution < 1.29 is 27.7 Å². The molecule has 35 heavy (non-hydrogen) atoms. The van der Waals surface area contributed by atoms with Gasteiger partial charge in [0, 0.05) is 4.90 Å². The molecule has 0 atom stereocenters. The van der Waals surface area contributed by atoms with Gasteiger partial charge in [-0.3, -0.25) is 14.5 Å². The van der Waals surface area contributed by atoms with Crippen LogP contribution in [0.1, 0.15) is 36.8 Å². The first-order valence-corrected chi connectivity index (χ1v) is 12.7. The summed E-state index contributed by atoms with van der Waals surface area (Å²) < 4.78 is 38.6. The van der Waals surface area contributed by atoms with Crippen molar-refractivity contribution in [2.75, 3.05) is 37.6 Å². The van der Waals surface area contributed by atoms with Gasteiger partial charge < -0.3 is 10.2 Å². The van der Waals surface area contributed by atoms with Gasteiger partial charge in [-0.15, -0.1) is 0 Å². The number of benzene rings is 2. The normalized spacial score (nSPS) is 18.3. The lowest BCUT2D eigenvalue weighted by atomic mass is 10.1. The number of hydrogen-bond donors (Lipinski definition) is 2. The Morgan fingerprint density at radius 1 is 1.03 bits per heavy atom. The molecular weight excluding hydrogens is 475 g/mol. The van der Waals surface area contributed by atoms with Crippen LogP contribution in [0.25, 0.3) is 6.08 Å². The van der Waals surface area contributed by atoms with Crippen molar-refractivity contribution in [1.29, 1.82) is 0 Å². The minimum Gasteiger partial charge on any atom is -0.349 e. The highest BCUT2D eigenvalue weighted by atomic mass is 32.2. The maximum atomic E-state index is 13.3. The molecule has 5 nitrogen and oxygen atoms in total. The second kappa shape index (κ2) is 11.3. The van der Waals surface area contributed by atoms with E-state index in [2.05, 4.69) is 5.32 Å². The lowest BCUT2D eigenvalue weighted by Gasteiger charge is -2.30. The number of thioether (sulfide) groups is 1. The number of carbonyl (C=O) groups is 2. The topological polar surface area (TPSA) is 53.9 Å². The van der Waals surface area contributed by atoms with Crippen molar-refractivity contribution in [2.45, 2.75) is 36.8 Å². The van der Waals surface area contributed by atoms with Crippen LogP contribution in [0.2, 0.25) is 0 Å². The van der Waals surface area contributed by atoms with E-state index < -0.39 is 11.7 Å². The summed E-state index contributed by atoms with van der Waals surface area (Å²) in [6, 6.07) is 12.0. The zero-order valence-corrected chi connectivity index (χ0v) is 20.2. The van der Waals surface area contributed by atoms with E-state index >= 15 is 0 Å². The number of halogens is 3. The molecule has 0 bridgehead atoms. The number of rotatable bonds is 6. The molecule has 2 aliphatic rings. The number of fused-ring (bicyclic) bond motifs is 1. The maximum Gasteiger partial charge on any atom is 0.416 e. The average Bonchev–Trinajstić information content (AvgIpc) is 3.10. The number of alkyl halides is 3. The highest BCUT2D eigenvalue weighted by Gasteiger charge is 2.32. The first kappa shape index (κ1) is 25.3. The van der Waals surface area contributed by atoms with Crippen LogP contribution in [0.5, 0.6) is 0 Å². The van der Waals surface area contributed by atoms with E-state index in [1.165, 1.54) is 59.4 Å². The molecule has 2 aliphatic heterocycles. The molecule has 4 rings (SSSR count). The Kier molecular flexibility index (Phi) is 8.18. The fraction of sp³-hybridized carbons (Fsp3) is 0.385. The third-order valence-corrected chi connectivity index (χ3v) is 7.36. The fourth-order valence-electron chi connectivity index (χ4n) is 4.40. The lowest BCUT2D eigenvalue weighted by Crippen LogP contribution is -3.12. The summed E-state index contributed by atoms with van der Waals surface area (Å²) in [7, 11) is 0. The molecule has 186 valence electrons. The van der Waals surface area contributed by atoms with E-state index in [-0.39, 0.29) is 18.4 Å². The van der Waals surface area contributed by atoms with E-state index in [9.17, 15) is 22.8 Å². The summed E-state index contributed by atoms with van der Waals surface area (Å²) >= 11 is 1.25. The van der Waals surface area contributed by atoms with Gasteiger partial charge in [0.1, 0.15) is 6.54 Å². The van der Waals surface area contributed by atoms with Crippen molar-refractivity contribution in [2.24, 2.45) is 0 Å². The van der Waals surface area contributed by atoms with Crippen LogP contribution in [0.15, 0.2) is 58.3 Å². The van der Waals surface area contributed by atoms with Gasteiger partial charge >= 0.3 is 6.18 Å². The Labute approximate surface area is 207 Å². The highest BCUT2D eigenvalue weighted by Crippen LogP contribution is 2.42. The quantitative estimate of drug-likeness (QED) is 0.589. The number of amides is 2. The first-order valence-electron chi connectivity index (χ1n) is 11.9. The maximum absolute atomic E-state index is 13.3. The van der Waals surface area contributed by atoms with Gasteiger partial charge in [-0.05, 0) is 61.6 Å². The summed E-state index contributed by atoms with van der Waals surface area (Å²) in [5, 5.41) is 2.95.